The number of imidazole rings is 1. The molecule has 0 saturated carbocycles. The Balaban J connectivity index is 1.81. The van der Waals surface area contributed by atoms with E-state index in [2.05, 4.69) is 88.9 Å². The van der Waals surface area contributed by atoms with Crippen molar-refractivity contribution in [1.29, 1.82) is 0 Å². The molecule has 1 amide bonds. The largest absolute Gasteiger partial charge is 0.375 e. The molecule has 33 heavy (non-hydrogen) atoms. The molecule has 0 fully saturated rings. The lowest BCUT2D eigenvalue weighted by Crippen LogP contribution is -2.37. The molecular weight excluding hydrogens is 410 g/mol. The number of hydrogen-bond donors (Lipinski definition) is 1. The second-order valence-corrected chi connectivity index (χ2v) is 8.19. The first-order valence-corrected chi connectivity index (χ1v) is 11.1. The summed E-state index contributed by atoms with van der Waals surface area (Å²) in [7, 11) is 1.52. The summed E-state index contributed by atoms with van der Waals surface area (Å²) in [4.78, 5) is 16.6. The van der Waals surface area contributed by atoms with Crippen LogP contribution in [0.2, 0.25) is 0 Å². The van der Waals surface area contributed by atoms with Crippen molar-refractivity contribution in [3.8, 4) is 0 Å². The first-order chi connectivity index (χ1) is 16.1. The molecule has 0 radical (unpaired) electrons. The predicted molar refractivity (Wildman–Crippen MR) is 130 cm³/mol. The van der Waals surface area contributed by atoms with Gasteiger partial charge in [-0.2, -0.15) is 0 Å². The van der Waals surface area contributed by atoms with Crippen LogP contribution >= 0.6 is 0 Å². The van der Waals surface area contributed by atoms with Gasteiger partial charge in [-0.3, -0.25) is 4.79 Å². The fourth-order valence-corrected chi connectivity index (χ4v) is 4.45. The fourth-order valence-electron chi connectivity index (χ4n) is 4.45. The molecule has 1 heterocycles. The molecule has 0 aliphatic rings. The van der Waals surface area contributed by atoms with Crippen molar-refractivity contribution in [2.75, 3.05) is 13.7 Å². The minimum absolute atomic E-state index is 0.0535. The molecule has 1 aromatic heterocycles. The van der Waals surface area contributed by atoms with E-state index in [-0.39, 0.29) is 18.6 Å². The Morgan fingerprint density at radius 3 is 1.85 bits per heavy atom. The van der Waals surface area contributed by atoms with E-state index in [0.29, 0.717) is 6.42 Å². The lowest BCUT2D eigenvalue weighted by atomic mass is 9.77. The molecule has 0 aliphatic carbocycles. The number of rotatable bonds is 9. The topological polar surface area (TPSA) is 56.1 Å². The van der Waals surface area contributed by atoms with Crippen molar-refractivity contribution in [1.82, 2.24) is 14.9 Å². The van der Waals surface area contributed by atoms with Gasteiger partial charge in [-0.1, -0.05) is 91.0 Å². The highest BCUT2D eigenvalue weighted by Gasteiger charge is 2.38. The third kappa shape index (κ3) is 4.73. The van der Waals surface area contributed by atoms with Crippen LogP contribution in [0.4, 0.5) is 0 Å². The Hall–Kier alpha value is -3.70. The number of aromatic nitrogens is 2. The Morgan fingerprint density at radius 1 is 0.909 bits per heavy atom. The average molecular weight is 440 g/mol. The van der Waals surface area contributed by atoms with E-state index in [4.69, 9.17) is 9.72 Å². The Labute approximate surface area is 195 Å². The normalized spacial score (nSPS) is 12.3. The lowest BCUT2D eigenvalue weighted by Gasteiger charge is -2.37. The van der Waals surface area contributed by atoms with E-state index in [1.807, 2.05) is 31.5 Å². The maximum absolute atomic E-state index is 11.9. The van der Waals surface area contributed by atoms with Crippen molar-refractivity contribution in [3.05, 3.63) is 126 Å². The number of carbonyl (C=O) groups excluding carboxylic acids is 1. The third-order valence-corrected chi connectivity index (χ3v) is 5.80. The summed E-state index contributed by atoms with van der Waals surface area (Å²) in [5.41, 5.74) is 3.76. The molecule has 0 aliphatic heterocycles. The maximum atomic E-state index is 11.9. The van der Waals surface area contributed by atoms with Gasteiger partial charge in [-0.05, 0) is 23.6 Å². The van der Waals surface area contributed by atoms with Crippen molar-refractivity contribution < 1.29 is 9.53 Å². The molecule has 5 nitrogen and oxygen atoms in total. The molecule has 1 atom stereocenters. The van der Waals surface area contributed by atoms with Crippen LogP contribution in [-0.4, -0.2) is 35.2 Å². The van der Waals surface area contributed by atoms with Gasteiger partial charge in [0.15, 0.2) is 0 Å². The molecule has 5 heteroatoms. The monoisotopic (exact) mass is 439 g/mol. The smallest absolute Gasteiger partial charge is 0.246 e. The van der Waals surface area contributed by atoms with Crippen LogP contribution in [0.5, 0.6) is 0 Å². The van der Waals surface area contributed by atoms with Gasteiger partial charge in [0.2, 0.25) is 5.91 Å². The molecule has 0 bridgehead atoms. The van der Waals surface area contributed by atoms with Gasteiger partial charge >= 0.3 is 0 Å². The predicted octanol–water partition coefficient (Wildman–Crippen LogP) is 4.42. The quantitative estimate of drug-likeness (QED) is 0.393. The fraction of sp³-hybridized carbons (Fsp3) is 0.214. The second kappa shape index (κ2) is 10.3. The third-order valence-electron chi connectivity index (χ3n) is 5.80. The highest BCUT2D eigenvalue weighted by atomic mass is 16.5. The zero-order chi connectivity index (χ0) is 23.1. The van der Waals surface area contributed by atoms with Gasteiger partial charge in [0, 0.05) is 25.8 Å². The highest BCUT2D eigenvalue weighted by molar-refractivity contribution is 5.77. The number of amides is 1. The van der Waals surface area contributed by atoms with Crippen molar-refractivity contribution >= 4 is 5.91 Å². The average Bonchev–Trinajstić information content (AvgIpc) is 3.30. The summed E-state index contributed by atoms with van der Waals surface area (Å²) >= 11 is 0. The molecule has 3 aromatic carbocycles. The first kappa shape index (κ1) is 22.5. The summed E-state index contributed by atoms with van der Waals surface area (Å²) in [6, 6.07) is 31.4. The minimum Gasteiger partial charge on any atom is -0.375 e. The van der Waals surface area contributed by atoms with Crippen molar-refractivity contribution in [2.24, 2.45) is 0 Å². The Kier molecular flexibility index (Phi) is 7.01. The van der Waals surface area contributed by atoms with Crippen LogP contribution in [0.1, 0.15) is 29.3 Å². The van der Waals surface area contributed by atoms with Crippen LogP contribution in [0.15, 0.2) is 104 Å². The maximum Gasteiger partial charge on any atom is 0.246 e. The van der Waals surface area contributed by atoms with Gasteiger partial charge < -0.3 is 14.6 Å². The summed E-state index contributed by atoms with van der Waals surface area (Å²) < 4.78 is 7.11. The van der Waals surface area contributed by atoms with Crippen molar-refractivity contribution in [2.45, 2.75) is 24.9 Å². The van der Waals surface area contributed by atoms with Gasteiger partial charge in [0.1, 0.15) is 12.1 Å². The minimum atomic E-state index is -0.586. The van der Waals surface area contributed by atoms with Gasteiger partial charge in [-0.25, -0.2) is 4.98 Å². The van der Waals surface area contributed by atoms with Crippen LogP contribution in [0.3, 0.4) is 0 Å². The molecule has 0 spiro atoms. The van der Waals surface area contributed by atoms with Crippen LogP contribution in [0.25, 0.3) is 0 Å². The zero-order valence-corrected chi connectivity index (χ0v) is 19.0. The standard InChI is InChI=1S/C28H29N3O2/c1-22(30-27(32)20-33-2)18-26-19-31(21-29-26)28(23-12-6-3-7-13-23,24-14-8-4-9-15-24)25-16-10-5-11-17-25/h3-17,19,21-22H,18,20H2,1-2H3,(H,30,32)/t22-/m1/s1. The molecule has 4 aromatic rings. The first-order valence-electron chi connectivity index (χ1n) is 11.1. The number of carbonyl (C=O) groups is 1. The van der Waals surface area contributed by atoms with Crippen molar-refractivity contribution in [3.63, 3.8) is 0 Å². The molecule has 0 saturated heterocycles. The van der Waals surface area contributed by atoms with Gasteiger partial charge in [0.25, 0.3) is 0 Å². The highest BCUT2D eigenvalue weighted by Crippen LogP contribution is 2.40. The second-order valence-electron chi connectivity index (χ2n) is 8.19. The lowest BCUT2D eigenvalue weighted by molar-refractivity contribution is -0.125. The molecule has 168 valence electrons. The summed E-state index contributed by atoms with van der Waals surface area (Å²) in [5.74, 6) is -0.128. The van der Waals surface area contributed by atoms with Crippen LogP contribution in [0, 0.1) is 0 Å². The Morgan fingerprint density at radius 2 is 1.39 bits per heavy atom. The van der Waals surface area contributed by atoms with Crippen LogP contribution in [-0.2, 0) is 21.5 Å². The van der Waals surface area contributed by atoms with Gasteiger partial charge in [-0.15, -0.1) is 0 Å². The van der Waals surface area contributed by atoms with E-state index >= 15 is 0 Å². The summed E-state index contributed by atoms with van der Waals surface area (Å²) in [5, 5.41) is 2.96. The number of methoxy groups -OCH3 is 1. The van der Waals surface area contributed by atoms with E-state index in [0.717, 1.165) is 22.4 Å². The van der Waals surface area contributed by atoms with E-state index < -0.39 is 5.54 Å². The molecule has 0 unspecified atom stereocenters. The number of nitrogens with zero attached hydrogens (tertiary/aromatic N) is 2. The Bertz CT molecular complexity index is 1060. The molecule has 4 rings (SSSR count). The van der Waals surface area contributed by atoms with E-state index in [9.17, 15) is 4.79 Å². The summed E-state index contributed by atoms with van der Waals surface area (Å²) in [6.45, 7) is 2.03. The number of hydrogen-bond acceptors (Lipinski definition) is 3. The molecular formula is C28H29N3O2. The SMILES string of the molecule is COCC(=O)N[C@H](C)Cc1cn(C(c2ccccc2)(c2ccccc2)c2ccccc2)cn1. The zero-order valence-electron chi connectivity index (χ0n) is 19.0. The van der Waals surface area contributed by atoms with Crippen LogP contribution < -0.4 is 5.32 Å². The molecule has 1 N–H and O–H groups in total. The number of benzene rings is 3. The number of nitrogens with one attached hydrogen (secondary N) is 1. The number of ether oxygens (including phenoxy) is 1. The van der Waals surface area contributed by atoms with E-state index in [1.165, 1.54) is 7.11 Å². The van der Waals surface area contributed by atoms with Gasteiger partial charge in [0.05, 0.1) is 12.0 Å². The summed E-state index contributed by atoms with van der Waals surface area (Å²) in [6.07, 6.45) is 4.61. The van der Waals surface area contributed by atoms with E-state index in [1.54, 1.807) is 0 Å².